The average Bonchev–Trinajstić information content (AvgIpc) is 3.15. The summed E-state index contributed by atoms with van der Waals surface area (Å²) in [7, 11) is 0. The van der Waals surface area contributed by atoms with Crippen molar-refractivity contribution >= 4 is 23.1 Å². The van der Waals surface area contributed by atoms with E-state index in [-0.39, 0.29) is 11.8 Å². The number of hydrogen-bond donors (Lipinski definition) is 0. The van der Waals surface area contributed by atoms with E-state index >= 15 is 0 Å². The van der Waals surface area contributed by atoms with E-state index in [1.54, 1.807) is 29.5 Å². The first-order valence-electron chi connectivity index (χ1n) is 9.66. The van der Waals surface area contributed by atoms with Crippen molar-refractivity contribution in [2.45, 2.75) is 38.8 Å². The van der Waals surface area contributed by atoms with Crippen molar-refractivity contribution in [3.05, 3.63) is 52.0 Å². The molecule has 1 amide bonds. The van der Waals surface area contributed by atoms with Gasteiger partial charge in [-0.25, -0.2) is 9.18 Å². The number of anilines is 1. The maximum absolute atomic E-state index is 14.4. The van der Waals surface area contributed by atoms with E-state index in [4.69, 9.17) is 4.74 Å². The smallest absolute Gasteiger partial charge is 0.415 e. The van der Waals surface area contributed by atoms with Gasteiger partial charge in [0, 0.05) is 16.3 Å². The second kappa shape index (κ2) is 7.98. The van der Waals surface area contributed by atoms with Gasteiger partial charge in [0.2, 0.25) is 0 Å². The molecule has 0 unspecified atom stereocenters. The Morgan fingerprint density at radius 1 is 1.22 bits per heavy atom. The molecular formula is C21H25FN2O2S. The number of thiophene rings is 1. The van der Waals surface area contributed by atoms with Gasteiger partial charge in [0.05, 0.1) is 12.2 Å². The van der Waals surface area contributed by atoms with E-state index in [0.29, 0.717) is 12.5 Å². The monoisotopic (exact) mass is 388 g/mol. The normalized spacial score (nSPS) is 24.0. The van der Waals surface area contributed by atoms with Crippen molar-refractivity contribution in [2.24, 2.45) is 5.92 Å². The third-order valence-electron chi connectivity index (χ3n) is 5.59. The van der Waals surface area contributed by atoms with Gasteiger partial charge in [-0.05, 0) is 62.5 Å². The molecule has 6 heteroatoms. The molecule has 1 aromatic heterocycles. The van der Waals surface area contributed by atoms with Gasteiger partial charge in [-0.3, -0.25) is 9.80 Å². The van der Waals surface area contributed by atoms with Crippen molar-refractivity contribution in [2.75, 3.05) is 24.5 Å². The Hall–Kier alpha value is -1.92. The Labute approximate surface area is 163 Å². The number of carbonyl (C=O) groups is 1. The van der Waals surface area contributed by atoms with Crippen LogP contribution < -0.4 is 4.90 Å². The summed E-state index contributed by atoms with van der Waals surface area (Å²) in [5, 5.41) is 0. The highest BCUT2D eigenvalue weighted by molar-refractivity contribution is 7.12. The number of hydrogen-bond acceptors (Lipinski definition) is 4. The number of nitrogens with zero attached hydrogens (tertiary/aromatic N) is 2. The van der Waals surface area contributed by atoms with Gasteiger partial charge in [0.15, 0.2) is 0 Å². The van der Waals surface area contributed by atoms with Gasteiger partial charge in [-0.15, -0.1) is 11.3 Å². The molecule has 3 aliphatic rings. The van der Waals surface area contributed by atoms with Crippen molar-refractivity contribution in [3.8, 4) is 0 Å². The predicted molar refractivity (Wildman–Crippen MR) is 106 cm³/mol. The fraction of sp³-hybridized carbons (Fsp3) is 0.476. The van der Waals surface area contributed by atoms with Gasteiger partial charge in [0.1, 0.15) is 11.9 Å². The first-order chi connectivity index (χ1) is 13.1. The molecule has 0 aliphatic carbocycles. The minimum absolute atomic E-state index is 0.0937. The molecule has 2 aromatic rings. The first-order valence-corrected chi connectivity index (χ1v) is 10.5. The van der Waals surface area contributed by atoms with Crippen LogP contribution >= 0.6 is 11.3 Å². The van der Waals surface area contributed by atoms with Crippen molar-refractivity contribution < 1.29 is 13.9 Å². The SMILES string of the molecule is CCc1ccc(CN(C(=O)O[C@H]2CN3CCC2CC3)c2ccccc2F)s1. The van der Waals surface area contributed by atoms with Gasteiger partial charge in [0.25, 0.3) is 0 Å². The number of rotatable bonds is 5. The second-order valence-electron chi connectivity index (χ2n) is 7.32. The van der Waals surface area contributed by atoms with E-state index in [2.05, 4.69) is 17.9 Å². The highest BCUT2D eigenvalue weighted by atomic mass is 32.1. The Balaban J connectivity index is 1.55. The number of carbonyl (C=O) groups excluding carboxylic acids is 1. The largest absolute Gasteiger partial charge is 0.444 e. The topological polar surface area (TPSA) is 32.8 Å². The van der Waals surface area contributed by atoms with Crippen LogP contribution in [0.3, 0.4) is 0 Å². The summed E-state index contributed by atoms with van der Waals surface area (Å²) in [6.07, 6.45) is 2.55. The molecule has 0 N–H and O–H groups in total. The number of aryl methyl sites for hydroxylation is 1. The fourth-order valence-electron chi connectivity index (χ4n) is 4.01. The molecular weight excluding hydrogens is 363 g/mol. The summed E-state index contributed by atoms with van der Waals surface area (Å²) < 4.78 is 20.3. The predicted octanol–water partition coefficient (Wildman–Crippen LogP) is 4.69. The Morgan fingerprint density at radius 3 is 2.59 bits per heavy atom. The van der Waals surface area contributed by atoms with E-state index in [0.717, 1.165) is 43.8 Å². The summed E-state index contributed by atoms with van der Waals surface area (Å²) in [4.78, 5) is 19.1. The molecule has 3 aliphatic heterocycles. The van der Waals surface area contributed by atoms with Gasteiger partial charge in [-0.2, -0.15) is 0 Å². The number of para-hydroxylation sites is 1. The van der Waals surface area contributed by atoms with Crippen LogP contribution in [0.25, 0.3) is 0 Å². The van der Waals surface area contributed by atoms with Crippen molar-refractivity contribution in [1.29, 1.82) is 0 Å². The van der Waals surface area contributed by atoms with Crippen LogP contribution in [0.4, 0.5) is 14.9 Å². The molecule has 3 fully saturated rings. The standard InChI is InChI=1S/C21H25FN2O2S/c1-2-16-7-8-17(27-16)13-24(19-6-4-3-5-18(19)22)21(25)26-20-14-23-11-9-15(20)10-12-23/h3-8,15,20H,2,9-14H2,1H3/t20-/m0/s1. The molecule has 144 valence electrons. The van der Waals surface area contributed by atoms with Crippen molar-refractivity contribution in [1.82, 2.24) is 4.90 Å². The number of fused-ring (bicyclic) bond motifs is 3. The van der Waals surface area contributed by atoms with E-state index in [1.165, 1.54) is 15.8 Å². The molecule has 0 saturated carbocycles. The molecule has 5 rings (SSSR count). The Kier molecular flexibility index (Phi) is 5.45. The Bertz CT molecular complexity index is 801. The molecule has 1 aromatic carbocycles. The van der Waals surface area contributed by atoms with Crippen LogP contribution in [0.2, 0.25) is 0 Å². The number of piperidine rings is 3. The van der Waals surface area contributed by atoms with Crippen LogP contribution in [0.5, 0.6) is 0 Å². The van der Waals surface area contributed by atoms with Gasteiger partial charge in [-0.1, -0.05) is 19.1 Å². The molecule has 2 bridgehead atoms. The summed E-state index contributed by atoms with van der Waals surface area (Å²) in [5.41, 5.74) is 0.273. The van der Waals surface area contributed by atoms with Crippen LogP contribution in [0.1, 0.15) is 29.5 Å². The minimum atomic E-state index is -0.453. The number of amides is 1. The van der Waals surface area contributed by atoms with E-state index in [1.807, 2.05) is 6.07 Å². The van der Waals surface area contributed by atoms with Gasteiger partial charge < -0.3 is 4.74 Å². The quantitative estimate of drug-likeness (QED) is 0.745. The molecule has 0 radical (unpaired) electrons. The lowest BCUT2D eigenvalue weighted by Gasteiger charge is -2.44. The third-order valence-corrected chi connectivity index (χ3v) is 6.81. The Morgan fingerprint density at radius 2 is 1.96 bits per heavy atom. The molecule has 0 spiro atoms. The summed E-state index contributed by atoms with van der Waals surface area (Å²) >= 11 is 1.66. The van der Waals surface area contributed by atoms with E-state index in [9.17, 15) is 9.18 Å². The average molecular weight is 389 g/mol. The van der Waals surface area contributed by atoms with E-state index < -0.39 is 11.9 Å². The van der Waals surface area contributed by atoms with Crippen LogP contribution in [-0.4, -0.2) is 36.7 Å². The fourth-order valence-corrected chi connectivity index (χ4v) is 4.96. The second-order valence-corrected chi connectivity index (χ2v) is 8.57. The lowest BCUT2D eigenvalue weighted by atomic mass is 9.86. The highest BCUT2D eigenvalue weighted by Crippen LogP contribution is 2.31. The van der Waals surface area contributed by atoms with Crippen LogP contribution in [-0.2, 0) is 17.7 Å². The van der Waals surface area contributed by atoms with Crippen LogP contribution in [0.15, 0.2) is 36.4 Å². The number of benzene rings is 1. The lowest BCUT2D eigenvalue weighted by molar-refractivity contribution is -0.0311. The van der Waals surface area contributed by atoms with Crippen molar-refractivity contribution in [3.63, 3.8) is 0 Å². The zero-order valence-corrected chi connectivity index (χ0v) is 16.4. The first kappa shape index (κ1) is 18.4. The molecule has 3 saturated heterocycles. The summed E-state index contributed by atoms with van der Waals surface area (Å²) in [5.74, 6) is 0.0190. The zero-order chi connectivity index (χ0) is 18.8. The molecule has 27 heavy (non-hydrogen) atoms. The molecule has 4 nitrogen and oxygen atoms in total. The highest BCUT2D eigenvalue weighted by Gasteiger charge is 2.37. The molecule has 4 heterocycles. The molecule has 1 atom stereocenters. The number of ether oxygens (including phenoxy) is 1. The zero-order valence-electron chi connectivity index (χ0n) is 15.6. The lowest BCUT2D eigenvalue weighted by Crippen LogP contribution is -2.53. The third kappa shape index (κ3) is 4.01. The van der Waals surface area contributed by atoms with Gasteiger partial charge >= 0.3 is 6.09 Å². The number of halogens is 1. The summed E-state index contributed by atoms with van der Waals surface area (Å²) in [6.45, 7) is 5.40. The van der Waals surface area contributed by atoms with Crippen LogP contribution in [0, 0.1) is 11.7 Å². The summed E-state index contributed by atoms with van der Waals surface area (Å²) in [6, 6.07) is 10.5. The maximum Gasteiger partial charge on any atom is 0.415 e. The maximum atomic E-state index is 14.4. The minimum Gasteiger partial charge on any atom is -0.444 e.